The zero-order valence-corrected chi connectivity index (χ0v) is 9.83. The molecular formula is C13H10N4O2. The maximum atomic E-state index is 11.7. The van der Waals surface area contributed by atoms with Crippen LogP contribution in [0.2, 0.25) is 0 Å². The van der Waals surface area contributed by atoms with Gasteiger partial charge in [-0.1, -0.05) is 18.2 Å². The highest BCUT2D eigenvalue weighted by molar-refractivity contribution is 5.89. The average Bonchev–Trinajstić information content (AvgIpc) is 2.87. The molecule has 0 unspecified atom stereocenters. The van der Waals surface area contributed by atoms with Crippen LogP contribution in [0, 0.1) is 0 Å². The zero-order valence-electron chi connectivity index (χ0n) is 9.83. The van der Waals surface area contributed by atoms with Crippen LogP contribution < -0.4 is 10.1 Å². The van der Waals surface area contributed by atoms with Gasteiger partial charge in [0, 0.05) is 5.39 Å². The summed E-state index contributed by atoms with van der Waals surface area (Å²) < 4.78 is 5.11. The fraction of sp³-hybridized carbons (Fsp3) is 0. The van der Waals surface area contributed by atoms with Gasteiger partial charge in [-0.2, -0.15) is 5.10 Å². The lowest BCUT2D eigenvalue weighted by molar-refractivity contribution is 0.215. The van der Waals surface area contributed by atoms with Crippen LogP contribution in [0.5, 0.6) is 5.75 Å². The van der Waals surface area contributed by atoms with Gasteiger partial charge in [0.05, 0.1) is 18.1 Å². The average molecular weight is 254 g/mol. The molecule has 0 fully saturated rings. The number of aromatic amines is 1. The van der Waals surface area contributed by atoms with Crippen molar-refractivity contribution in [1.29, 1.82) is 0 Å². The topological polar surface area (TPSA) is 79.9 Å². The largest absolute Gasteiger partial charge is 0.417 e. The number of carbonyl (C=O) groups excluding carboxylic acids is 1. The Bertz CT molecular complexity index is 709. The molecule has 0 aliphatic rings. The number of ether oxygens (including phenoxy) is 1. The molecule has 6 heteroatoms. The molecular weight excluding hydrogens is 244 g/mol. The van der Waals surface area contributed by atoms with Gasteiger partial charge in [0.15, 0.2) is 5.65 Å². The monoisotopic (exact) mass is 254 g/mol. The minimum atomic E-state index is -0.559. The number of hydrogen-bond acceptors (Lipinski definition) is 4. The number of fused-ring (bicyclic) bond motifs is 1. The molecule has 3 rings (SSSR count). The van der Waals surface area contributed by atoms with Crippen molar-refractivity contribution in [3.63, 3.8) is 0 Å². The van der Waals surface area contributed by atoms with Crippen LogP contribution in [0.4, 0.5) is 10.5 Å². The summed E-state index contributed by atoms with van der Waals surface area (Å²) in [7, 11) is 0. The number of nitrogens with one attached hydrogen (secondary N) is 2. The van der Waals surface area contributed by atoms with Crippen molar-refractivity contribution >= 4 is 22.8 Å². The van der Waals surface area contributed by atoms with Gasteiger partial charge in [0.25, 0.3) is 0 Å². The van der Waals surface area contributed by atoms with Crippen molar-refractivity contribution in [3.05, 3.63) is 48.8 Å². The van der Waals surface area contributed by atoms with E-state index in [1.165, 1.54) is 6.20 Å². The van der Waals surface area contributed by atoms with Crippen LogP contribution in [-0.4, -0.2) is 21.3 Å². The number of carbonyl (C=O) groups is 1. The molecule has 0 atom stereocenters. The first-order valence-corrected chi connectivity index (χ1v) is 5.64. The molecule has 19 heavy (non-hydrogen) atoms. The van der Waals surface area contributed by atoms with Crippen molar-refractivity contribution in [2.75, 3.05) is 5.32 Å². The Hall–Kier alpha value is -2.89. The number of pyridine rings is 1. The van der Waals surface area contributed by atoms with Crippen LogP contribution in [0.25, 0.3) is 11.0 Å². The summed E-state index contributed by atoms with van der Waals surface area (Å²) in [6.45, 7) is 0. The molecule has 2 aromatic heterocycles. The fourth-order valence-electron chi connectivity index (χ4n) is 1.64. The first-order chi connectivity index (χ1) is 9.31. The molecule has 2 N–H and O–H groups in total. The Morgan fingerprint density at radius 3 is 2.89 bits per heavy atom. The van der Waals surface area contributed by atoms with E-state index < -0.39 is 6.09 Å². The normalized spacial score (nSPS) is 10.3. The Balaban J connectivity index is 1.72. The van der Waals surface area contributed by atoms with Gasteiger partial charge in [0.1, 0.15) is 5.75 Å². The fourth-order valence-corrected chi connectivity index (χ4v) is 1.64. The van der Waals surface area contributed by atoms with E-state index in [0.717, 1.165) is 5.39 Å². The molecule has 0 radical (unpaired) electrons. The molecule has 0 bridgehead atoms. The highest BCUT2D eigenvalue weighted by Crippen LogP contribution is 2.15. The lowest BCUT2D eigenvalue weighted by Crippen LogP contribution is -2.16. The number of amides is 1. The number of hydrogen-bond donors (Lipinski definition) is 2. The summed E-state index contributed by atoms with van der Waals surface area (Å²) in [6.07, 6.45) is 2.61. The maximum absolute atomic E-state index is 11.7. The quantitative estimate of drug-likeness (QED) is 0.736. The Morgan fingerprint density at radius 1 is 1.21 bits per heavy atom. The summed E-state index contributed by atoms with van der Waals surface area (Å²) in [6, 6.07) is 10.6. The first-order valence-electron chi connectivity index (χ1n) is 5.64. The van der Waals surface area contributed by atoms with Crippen molar-refractivity contribution in [2.45, 2.75) is 0 Å². The van der Waals surface area contributed by atoms with E-state index in [9.17, 15) is 4.79 Å². The number of rotatable bonds is 2. The molecule has 1 aromatic carbocycles. The first kappa shape index (κ1) is 11.2. The third kappa shape index (κ3) is 2.52. The molecule has 0 saturated heterocycles. The van der Waals surface area contributed by atoms with Crippen molar-refractivity contribution in [1.82, 2.24) is 15.2 Å². The second-order valence-electron chi connectivity index (χ2n) is 3.86. The molecule has 0 spiro atoms. The second-order valence-corrected chi connectivity index (χ2v) is 3.86. The standard InChI is InChI=1S/C13H10N4O2/c18-13(19-11-4-2-1-3-5-11)16-10-6-9-7-15-17-12(9)14-8-10/h1-8H,(H,16,18)(H,14,15,17). The maximum Gasteiger partial charge on any atom is 0.417 e. The van der Waals surface area contributed by atoms with E-state index in [0.29, 0.717) is 17.1 Å². The van der Waals surface area contributed by atoms with Crippen molar-refractivity contribution in [3.8, 4) is 5.75 Å². The number of H-pyrrole nitrogens is 1. The molecule has 1 amide bonds. The van der Waals surface area contributed by atoms with E-state index in [1.54, 1.807) is 36.5 Å². The van der Waals surface area contributed by atoms with Gasteiger partial charge in [-0.15, -0.1) is 0 Å². The number of benzene rings is 1. The Morgan fingerprint density at radius 2 is 2.05 bits per heavy atom. The molecule has 94 valence electrons. The van der Waals surface area contributed by atoms with Crippen molar-refractivity contribution in [2.24, 2.45) is 0 Å². The van der Waals surface area contributed by atoms with E-state index in [2.05, 4.69) is 20.5 Å². The second kappa shape index (κ2) is 4.77. The summed E-state index contributed by atoms with van der Waals surface area (Å²) in [5.74, 6) is 0.484. The highest BCUT2D eigenvalue weighted by atomic mass is 16.6. The minimum Gasteiger partial charge on any atom is -0.410 e. The van der Waals surface area contributed by atoms with Crippen LogP contribution in [-0.2, 0) is 0 Å². The highest BCUT2D eigenvalue weighted by Gasteiger charge is 2.06. The lowest BCUT2D eigenvalue weighted by Gasteiger charge is -2.05. The zero-order chi connectivity index (χ0) is 13.1. The van der Waals surface area contributed by atoms with E-state index in [4.69, 9.17) is 4.74 Å². The van der Waals surface area contributed by atoms with Gasteiger partial charge in [-0.3, -0.25) is 10.4 Å². The van der Waals surface area contributed by atoms with Gasteiger partial charge < -0.3 is 4.74 Å². The predicted molar refractivity (Wildman–Crippen MR) is 70.0 cm³/mol. The number of aromatic nitrogens is 3. The molecule has 2 heterocycles. The van der Waals surface area contributed by atoms with Crippen LogP contribution in [0.3, 0.4) is 0 Å². The van der Waals surface area contributed by atoms with Crippen LogP contribution in [0.15, 0.2) is 48.8 Å². The SMILES string of the molecule is O=C(Nc1cnc2[nH]ncc2c1)Oc1ccccc1. The smallest absolute Gasteiger partial charge is 0.410 e. The van der Waals surface area contributed by atoms with E-state index in [-0.39, 0.29) is 0 Å². The molecule has 0 aliphatic heterocycles. The van der Waals surface area contributed by atoms with E-state index in [1.807, 2.05) is 6.07 Å². The summed E-state index contributed by atoms with van der Waals surface area (Å²) in [5.41, 5.74) is 1.22. The third-order valence-electron chi connectivity index (χ3n) is 2.49. The van der Waals surface area contributed by atoms with E-state index >= 15 is 0 Å². The van der Waals surface area contributed by atoms with Gasteiger partial charge in [0.2, 0.25) is 0 Å². The molecule has 6 nitrogen and oxygen atoms in total. The Kier molecular flexibility index (Phi) is 2.82. The Labute approximate surface area is 108 Å². The van der Waals surface area contributed by atoms with Gasteiger partial charge in [-0.05, 0) is 18.2 Å². The summed E-state index contributed by atoms with van der Waals surface area (Å²) in [5, 5.41) is 10.0. The number of anilines is 1. The molecule has 0 aliphatic carbocycles. The van der Waals surface area contributed by atoms with Crippen molar-refractivity contribution < 1.29 is 9.53 Å². The predicted octanol–water partition coefficient (Wildman–Crippen LogP) is 2.57. The third-order valence-corrected chi connectivity index (χ3v) is 2.49. The lowest BCUT2D eigenvalue weighted by atomic mass is 10.3. The van der Waals surface area contributed by atoms with Crippen LogP contribution in [0.1, 0.15) is 0 Å². The number of para-hydroxylation sites is 1. The minimum absolute atomic E-state index is 0.484. The summed E-state index contributed by atoms with van der Waals surface area (Å²) in [4.78, 5) is 15.8. The number of nitrogens with zero attached hydrogens (tertiary/aromatic N) is 2. The van der Waals surface area contributed by atoms with Gasteiger partial charge in [-0.25, -0.2) is 9.78 Å². The summed E-state index contributed by atoms with van der Waals surface area (Å²) >= 11 is 0. The molecule has 0 saturated carbocycles. The van der Waals surface area contributed by atoms with Gasteiger partial charge >= 0.3 is 6.09 Å². The van der Waals surface area contributed by atoms with Crippen LogP contribution >= 0.6 is 0 Å². The molecule has 3 aromatic rings.